The molecule has 3 aliphatic rings. The average Bonchev–Trinajstić information content (AvgIpc) is 3.00. The molecule has 0 heterocycles. The van der Waals surface area contributed by atoms with Crippen LogP contribution in [0.4, 0.5) is 0 Å². The zero-order valence-electron chi connectivity index (χ0n) is 18.7. The van der Waals surface area contributed by atoms with E-state index in [1.807, 2.05) is 6.08 Å². The molecule has 3 aliphatic carbocycles. The van der Waals surface area contributed by atoms with Gasteiger partial charge >= 0.3 is 0 Å². The first-order valence-electron chi connectivity index (χ1n) is 11.2. The van der Waals surface area contributed by atoms with Gasteiger partial charge < -0.3 is 15.3 Å². The van der Waals surface area contributed by atoms with E-state index in [2.05, 4.69) is 37.8 Å². The van der Waals surface area contributed by atoms with E-state index in [0.717, 1.165) is 32.1 Å². The number of carbonyl (C=O) groups excluding carboxylic acids is 1. The standard InChI is InChI=1S/C26H36O4/c1-17(7-5-13-25(2,3)30)21-11-12-22-18(8-6-14-26(21,22)4)9-10-19-15-20(27)16-23(28)24(19)29/h9-11,17,20,22-23,27-28,30H,6-8,12,14-16H2,1-4H3/b18-9+,19-10-/t17-,20+,22-,23-,26+/m0/s1. The summed E-state index contributed by atoms with van der Waals surface area (Å²) in [7, 11) is 0. The maximum absolute atomic E-state index is 12.2. The van der Waals surface area contributed by atoms with Crippen molar-refractivity contribution in [1.82, 2.24) is 0 Å². The van der Waals surface area contributed by atoms with Crippen LogP contribution in [0.3, 0.4) is 0 Å². The van der Waals surface area contributed by atoms with Gasteiger partial charge in [-0.2, -0.15) is 0 Å². The van der Waals surface area contributed by atoms with E-state index in [0.29, 0.717) is 23.8 Å². The Bertz CT molecular complexity index is 829. The van der Waals surface area contributed by atoms with Gasteiger partial charge in [-0.3, -0.25) is 4.79 Å². The molecule has 164 valence electrons. The number of fused-ring (bicyclic) bond motifs is 1. The lowest BCUT2D eigenvalue weighted by atomic mass is 9.62. The second-order valence-electron chi connectivity index (χ2n) is 10.1. The number of aliphatic hydroxyl groups excluding tert-OH is 2. The molecule has 0 bridgehead atoms. The van der Waals surface area contributed by atoms with Crippen molar-refractivity contribution in [1.29, 1.82) is 0 Å². The van der Waals surface area contributed by atoms with E-state index in [9.17, 15) is 20.1 Å². The van der Waals surface area contributed by atoms with Gasteiger partial charge in [0, 0.05) is 24.8 Å². The maximum atomic E-state index is 12.2. The highest BCUT2D eigenvalue weighted by molar-refractivity contribution is 5.99. The Morgan fingerprint density at radius 1 is 1.33 bits per heavy atom. The van der Waals surface area contributed by atoms with Crippen LogP contribution in [-0.4, -0.2) is 38.9 Å². The minimum absolute atomic E-state index is 0.105. The van der Waals surface area contributed by atoms with E-state index in [1.54, 1.807) is 13.8 Å². The number of hydrogen-bond donors (Lipinski definition) is 3. The first-order chi connectivity index (χ1) is 14.0. The number of Topliss-reactive ketones (excluding diaryl/α,β-unsaturated/α-hetero) is 1. The number of hydrogen-bond acceptors (Lipinski definition) is 4. The molecule has 2 saturated carbocycles. The predicted octanol–water partition coefficient (Wildman–Crippen LogP) is 3.86. The normalized spacial score (nSPS) is 35.6. The maximum Gasteiger partial charge on any atom is 0.187 e. The number of ketones is 1. The van der Waals surface area contributed by atoms with Crippen LogP contribution >= 0.6 is 0 Å². The fourth-order valence-corrected chi connectivity index (χ4v) is 5.52. The van der Waals surface area contributed by atoms with E-state index >= 15 is 0 Å². The summed E-state index contributed by atoms with van der Waals surface area (Å²) in [6, 6.07) is 0. The molecule has 0 aromatic heterocycles. The van der Waals surface area contributed by atoms with Crippen molar-refractivity contribution >= 4 is 5.78 Å². The van der Waals surface area contributed by atoms with Gasteiger partial charge in [0.25, 0.3) is 0 Å². The molecule has 30 heavy (non-hydrogen) atoms. The fraction of sp³-hybridized carbons (Fsp3) is 0.654. The van der Waals surface area contributed by atoms with Crippen molar-refractivity contribution in [2.24, 2.45) is 17.3 Å². The molecular weight excluding hydrogens is 376 g/mol. The minimum atomic E-state index is -1.08. The molecule has 0 aromatic rings. The largest absolute Gasteiger partial charge is 0.393 e. The summed E-state index contributed by atoms with van der Waals surface area (Å²) in [4.78, 5) is 12.2. The summed E-state index contributed by atoms with van der Waals surface area (Å²) in [6.45, 7) is 8.00. The Labute approximate surface area is 180 Å². The van der Waals surface area contributed by atoms with E-state index < -0.39 is 17.8 Å². The molecule has 0 saturated heterocycles. The molecule has 0 aliphatic heterocycles. The van der Waals surface area contributed by atoms with Crippen LogP contribution in [0.1, 0.15) is 72.6 Å². The van der Waals surface area contributed by atoms with Gasteiger partial charge in [-0.25, -0.2) is 0 Å². The Hall–Kier alpha value is -1.67. The van der Waals surface area contributed by atoms with Crippen LogP contribution in [0.5, 0.6) is 0 Å². The first kappa shape index (κ1) is 23.0. The molecule has 3 rings (SSSR count). The van der Waals surface area contributed by atoms with Crippen LogP contribution in [0, 0.1) is 29.1 Å². The third-order valence-electron chi connectivity index (χ3n) is 7.01. The smallest absolute Gasteiger partial charge is 0.187 e. The summed E-state index contributed by atoms with van der Waals surface area (Å²) >= 11 is 0. The van der Waals surface area contributed by atoms with Gasteiger partial charge in [0.15, 0.2) is 5.78 Å². The van der Waals surface area contributed by atoms with Crippen molar-refractivity contribution in [2.75, 3.05) is 0 Å². The quantitative estimate of drug-likeness (QED) is 0.374. The molecule has 2 fully saturated rings. The van der Waals surface area contributed by atoms with Crippen LogP contribution in [0.2, 0.25) is 0 Å². The highest BCUT2D eigenvalue weighted by Crippen LogP contribution is 2.56. The summed E-state index contributed by atoms with van der Waals surface area (Å²) in [5.41, 5.74) is 2.51. The molecule has 5 atom stereocenters. The SMILES string of the molecule is C[C@@H](CC#CC(C)(C)O)C1=CC[C@H]2/C(=C/C=C3/C[C@@H](O)C[C@H](O)C3=O)CCC[C@]12C. The lowest BCUT2D eigenvalue weighted by molar-refractivity contribution is -0.127. The summed E-state index contributed by atoms with van der Waals surface area (Å²) in [5, 5.41) is 29.6. The Morgan fingerprint density at radius 3 is 2.77 bits per heavy atom. The second-order valence-corrected chi connectivity index (χ2v) is 10.1. The summed E-state index contributed by atoms with van der Waals surface area (Å²) in [6.07, 6.45) is 10.1. The third kappa shape index (κ3) is 4.97. The molecule has 4 nitrogen and oxygen atoms in total. The molecular formula is C26H36O4. The number of aliphatic hydroxyl groups is 3. The van der Waals surface area contributed by atoms with Crippen LogP contribution in [-0.2, 0) is 4.79 Å². The molecule has 3 N–H and O–H groups in total. The summed E-state index contributed by atoms with van der Waals surface area (Å²) < 4.78 is 0. The molecule has 4 heteroatoms. The van der Waals surface area contributed by atoms with E-state index in [-0.39, 0.29) is 17.6 Å². The summed E-state index contributed by atoms with van der Waals surface area (Å²) in [5.74, 6) is 6.60. The average molecular weight is 413 g/mol. The third-order valence-corrected chi connectivity index (χ3v) is 7.01. The van der Waals surface area contributed by atoms with Crippen LogP contribution in [0.15, 0.2) is 34.9 Å². The van der Waals surface area contributed by atoms with Gasteiger partial charge in [0.05, 0.1) is 6.10 Å². The lowest BCUT2D eigenvalue weighted by Crippen LogP contribution is -2.34. The van der Waals surface area contributed by atoms with Crippen molar-refractivity contribution in [3.05, 3.63) is 34.9 Å². The lowest BCUT2D eigenvalue weighted by Gasteiger charge is -2.42. The van der Waals surface area contributed by atoms with E-state index in [1.165, 1.54) is 11.1 Å². The fourth-order valence-electron chi connectivity index (χ4n) is 5.52. The van der Waals surface area contributed by atoms with Gasteiger partial charge in [0.2, 0.25) is 0 Å². The number of allylic oxidation sites excluding steroid dienone is 5. The van der Waals surface area contributed by atoms with Gasteiger partial charge in [-0.15, -0.1) is 0 Å². The van der Waals surface area contributed by atoms with Gasteiger partial charge in [0.1, 0.15) is 11.7 Å². The van der Waals surface area contributed by atoms with Crippen molar-refractivity contribution in [3.8, 4) is 11.8 Å². The first-order valence-corrected chi connectivity index (χ1v) is 11.2. The van der Waals surface area contributed by atoms with E-state index in [4.69, 9.17) is 0 Å². The zero-order valence-corrected chi connectivity index (χ0v) is 18.7. The molecule has 0 radical (unpaired) electrons. The second kappa shape index (κ2) is 8.83. The number of carbonyl (C=O) groups is 1. The van der Waals surface area contributed by atoms with Crippen LogP contribution in [0.25, 0.3) is 0 Å². The molecule has 0 aromatic carbocycles. The van der Waals surface area contributed by atoms with Crippen molar-refractivity contribution < 1.29 is 20.1 Å². The predicted molar refractivity (Wildman–Crippen MR) is 118 cm³/mol. The molecule has 0 spiro atoms. The highest BCUT2D eigenvalue weighted by Gasteiger charge is 2.45. The Kier molecular flexibility index (Phi) is 6.77. The minimum Gasteiger partial charge on any atom is -0.393 e. The van der Waals surface area contributed by atoms with Crippen molar-refractivity contribution in [2.45, 2.75) is 90.4 Å². The van der Waals surface area contributed by atoms with Crippen molar-refractivity contribution in [3.63, 3.8) is 0 Å². The Balaban J connectivity index is 1.76. The van der Waals surface area contributed by atoms with Crippen LogP contribution < -0.4 is 0 Å². The highest BCUT2D eigenvalue weighted by atomic mass is 16.3. The van der Waals surface area contributed by atoms with Gasteiger partial charge in [-0.05, 0) is 56.8 Å². The number of rotatable bonds is 3. The molecule has 0 amide bonds. The van der Waals surface area contributed by atoms with Gasteiger partial charge in [-0.1, -0.05) is 55.1 Å². The topological polar surface area (TPSA) is 77.8 Å². The monoisotopic (exact) mass is 412 g/mol. The Morgan fingerprint density at radius 2 is 2.07 bits per heavy atom. The molecule has 0 unspecified atom stereocenters. The zero-order chi connectivity index (χ0) is 22.1.